The van der Waals surface area contributed by atoms with Crippen LogP contribution in [-0.2, 0) is 10.3 Å². The maximum atomic E-state index is 14.3. The molecule has 0 bridgehead atoms. The highest BCUT2D eigenvalue weighted by Gasteiger charge is 2.74. The normalized spacial score (nSPS) is 32.2. The third kappa shape index (κ3) is 2.89. The van der Waals surface area contributed by atoms with Crippen LogP contribution in [0.5, 0.6) is 0 Å². The van der Waals surface area contributed by atoms with Crippen LogP contribution in [-0.4, -0.2) is 30.1 Å². The molecule has 0 radical (unpaired) electrons. The molecule has 1 saturated carbocycles. The molecule has 188 valence electrons. The van der Waals surface area contributed by atoms with E-state index >= 15 is 0 Å². The van der Waals surface area contributed by atoms with Crippen LogP contribution >= 0.6 is 0 Å². The van der Waals surface area contributed by atoms with E-state index in [4.69, 9.17) is 5.10 Å². The van der Waals surface area contributed by atoms with Gasteiger partial charge in [0, 0.05) is 29.6 Å². The number of likely N-dealkylation sites (tertiary alicyclic amines) is 1. The van der Waals surface area contributed by atoms with E-state index in [1.54, 1.807) is 0 Å². The zero-order valence-electron chi connectivity index (χ0n) is 21.8. The number of amides is 1. The smallest absolute Gasteiger partial charge is 0.250 e. The van der Waals surface area contributed by atoms with Crippen molar-refractivity contribution in [2.75, 3.05) is 18.9 Å². The molecule has 3 heterocycles. The predicted molar refractivity (Wildman–Crippen MR) is 148 cm³/mol. The van der Waals surface area contributed by atoms with Crippen molar-refractivity contribution in [1.82, 2.24) is 10.3 Å². The Kier molecular flexibility index (Phi) is 4.93. The summed E-state index contributed by atoms with van der Waals surface area (Å²) in [4.78, 5) is 16.7. The Hall–Kier alpha value is -3.44. The van der Waals surface area contributed by atoms with Crippen molar-refractivity contribution >= 4 is 17.3 Å². The van der Waals surface area contributed by atoms with E-state index in [-0.39, 0.29) is 23.8 Å². The first kappa shape index (κ1) is 22.7. The molecule has 5 atom stereocenters. The average Bonchev–Trinajstić information content (AvgIpc) is 3.54. The monoisotopic (exact) mass is 490 g/mol. The van der Waals surface area contributed by atoms with Crippen LogP contribution in [0.15, 0.2) is 77.9 Å². The molecule has 7 rings (SSSR count). The van der Waals surface area contributed by atoms with E-state index in [2.05, 4.69) is 97.2 Å². The second-order valence-corrected chi connectivity index (χ2v) is 11.5. The maximum Gasteiger partial charge on any atom is 0.250 e. The lowest BCUT2D eigenvalue weighted by Gasteiger charge is -2.51. The van der Waals surface area contributed by atoms with Gasteiger partial charge in [0.1, 0.15) is 5.54 Å². The second-order valence-electron chi connectivity index (χ2n) is 11.5. The minimum Gasteiger partial charge on any atom is -0.324 e. The SMILES string of the molecule is Cc1ccc(C2NN=C3C2CCC[C@@]32[C@H](c3ccc(C)cc3)CN(C)[C@]23C(=O)Nc2ccccc23)cc1. The molecule has 2 unspecified atom stereocenters. The summed E-state index contributed by atoms with van der Waals surface area (Å²) < 4.78 is 0. The Morgan fingerprint density at radius 3 is 2.32 bits per heavy atom. The number of rotatable bonds is 2. The Labute approximate surface area is 219 Å². The molecule has 3 aromatic carbocycles. The van der Waals surface area contributed by atoms with Crippen LogP contribution in [0.3, 0.4) is 0 Å². The highest BCUT2D eigenvalue weighted by Crippen LogP contribution is 2.67. The number of nitrogens with one attached hydrogen (secondary N) is 2. The highest BCUT2D eigenvalue weighted by molar-refractivity contribution is 6.12. The number of aryl methyl sites for hydroxylation is 2. The second kappa shape index (κ2) is 8.03. The topological polar surface area (TPSA) is 56.7 Å². The molecule has 3 aromatic rings. The summed E-state index contributed by atoms with van der Waals surface area (Å²) in [5.74, 6) is 0.511. The fourth-order valence-corrected chi connectivity index (χ4v) is 8.14. The fourth-order valence-electron chi connectivity index (χ4n) is 8.14. The molecule has 2 fully saturated rings. The molecule has 5 heteroatoms. The van der Waals surface area contributed by atoms with Crippen LogP contribution in [0.25, 0.3) is 0 Å². The number of carbonyl (C=O) groups excluding carboxylic acids is 1. The Bertz CT molecular complexity index is 1410. The summed E-state index contributed by atoms with van der Waals surface area (Å²) in [7, 11) is 2.14. The van der Waals surface area contributed by atoms with Gasteiger partial charge in [-0.25, -0.2) is 0 Å². The van der Waals surface area contributed by atoms with Gasteiger partial charge < -0.3 is 10.7 Å². The molecule has 2 spiro atoms. The number of fused-ring (bicyclic) bond motifs is 5. The van der Waals surface area contributed by atoms with Crippen molar-refractivity contribution < 1.29 is 4.79 Å². The standard InChI is InChI=1S/C32H34N4O/c1-20-10-14-22(15-11-20)26-19-36(3)32(25-8-4-5-9-27(25)33-30(32)37)31(26)18-6-7-24-28(34-35-29(24)31)23-16-12-21(2)13-17-23/h4-5,8-17,24,26,28,34H,6-7,18-19H2,1-3H3,(H,33,37)/t24?,26-,28?,31+,32+/m0/s1. The number of carbonyl (C=O) groups is 1. The van der Waals surface area contributed by atoms with E-state index in [1.807, 2.05) is 12.1 Å². The number of nitrogens with zero attached hydrogens (tertiary/aromatic N) is 2. The van der Waals surface area contributed by atoms with E-state index in [0.29, 0.717) is 0 Å². The van der Waals surface area contributed by atoms with Crippen LogP contribution in [0.2, 0.25) is 0 Å². The minimum absolute atomic E-state index is 0.0907. The van der Waals surface area contributed by atoms with Gasteiger partial charge in [-0.15, -0.1) is 0 Å². The summed E-state index contributed by atoms with van der Waals surface area (Å²) in [5.41, 5.74) is 10.6. The number of anilines is 1. The number of benzene rings is 3. The van der Waals surface area contributed by atoms with Crippen molar-refractivity contribution in [3.63, 3.8) is 0 Å². The number of hydrogen-bond acceptors (Lipinski definition) is 4. The van der Waals surface area contributed by atoms with Gasteiger partial charge in [-0.2, -0.15) is 5.10 Å². The molecular formula is C32H34N4O. The number of para-hydroxylation sites is 1. The first-order valence-corrected chi connectivity index (χ1v) is 13.6. The molecule has 1 saturated heterocycles. The van der Waals surface area contributed by atoms with Gasteiger partial charge in [0.25, 0.3) is 5.91 Å². The van der Waals surface area contributed by atoms with Gasteiger partial charge >= 0.3 is 0 Å². The van der Waals surface area contributed by atoms with Crippen LogP contribution in [0, 0.1) is 25.2 Å². The summed E-state index contributed by atoms with van der Waals surface area (Å²) in [5, 5.41) is 8.47. The average molecular weight is 491 g/mol. The molecule has 0 aromatic heterocycles. The largest absolute Gasteiger partial charge is 0.324 e. The number of likely N-dealkylation sites (N-methyl/N-ethyl adjacent to an activating group) is 1. The van der Waals surface area contributed by atoms with Gasteiger partial charge in [-0.1, -0.05) is 84.3 Å². The van der Waals surface area contributed by atoms with Crippen molar-refractivity contribution in [2.45, 2.75) is 50.6 Å². The summed E-state index contributed by atoms with van der Waals surface area (Å²) in [6.45, 7) is 5.08. The lowest BCUT2D eigenvalue weighted by molar-refractivity contribution is -0.129. The lowest BCUT2D eigenvalue weighted by atomic mass is 9.51. The van der Waals surface area contributed by atoms with Crippen molar-refractivity contribution in [3.05, 3.63) is 101 Å². The predicted octanol–water partition coefficient (Wildman–Crippen LogP) is 5.67. The first-order valence-electron chi connectivity index (χ1n) is 13.6. The number of hydrogen-bond donors (Lipinski definition) is 2. The summed E-state index contributed by atoms with van der Waals surface area (Å²) in [6.07, 6.45) is 3.09. The van der Waals surface area contributed by atoms with E-state index in [0.717, 1.165) is 37.1 Å². The Morgan fingerprint density at radius 1 is 0.919 bits per heavy atom. The van der Waals surface area contributed by atoms with E-state index < -0.39 is 11.0 Å². The van der Waals surface area contributed by atoms with E-state index in [1.165, 1.54) is 28.0 Å². The van der Waals surface area contributed by atoms with Crippen molar-refractivity contribution in [3.8, 4) is 0 Å². The van der Waals surface area contributed by atoms with Gasteiger partial charge in [0.05, 0.1) is 17.2 Å². The third-order valence-electron chi connectivity index (χ3n) is 9.70. The molecule has 4 aliphatic rings. The highest BCUT2D eigenvalue weighted by atomic mass is 16.2. The van der Waals surface area contributed by atoms with Crippen molar-refractivity contribution in [2.24, 2.45) is 16.4 Å². The molecule has 1 amide bonds. The van der Waals surface area contributed by atoms with Gasteiger partial charge in [0.2, 0.25) is 0 Å². The molecule has 3 aliphatic heterocycles. The number of hydrazone groups is 1. The fraction of sp³-hybridized carbons (Fsp3) is 0.375. The third-order valence-corrected chi connectivity index (χ3v) is 9.70. The quantitative estimate of drug-likeness (QED) is 0.487. The van der Waals surface area contributed by atoms with Gasteiger partial charge in [0.15, 0.2) is 0 Å². The Balaban J connectivity index is 1.45. The molecule has 1 aliphatic carbocycles. The summed E-state index contributed by atoms with van der Waals surface area (Å²) >= 11 is 0. The zero-order valence-corrected chi connectivity index (χ0v) is 21.8. The molecule has 5 nitrogen and oxygen atoms in total. The van der Waals surface area contributed by atoms with Gasteiger partial charge in [-0.05, 0) is 50.9 Å². The minimum atomic E-state index is -0.791. The summed E-state index contributed by atoms with van der Waals surface area (Å²) in [6, 6.07) is 26.2. The van der Waals surface area contributed by atoms with Crippen LogP contribution < -0.4 is 10.7 Å². The van der Waals surface area contributed by atoms with Crippen LogP contribution in [0.4, 0.5) is 5.69 Å². The molecular weight excluding hydrogens is 456 g/mol. The molecule has 2 N–H and O–H groups in total. The van der Waals surface area contributed by atoms with Crippen molar-refractivity contribution in [1.29, 1.82) is 0 Å². The van der Waals surface area contributed by atoms with Gasteiger partial charge in [-0.3, -0.25) is 9.69 Å². The van der Waals surface area contributed by atoms with E-state index in [9.17, 15) is 4.79 Å². The maximum absolute atomic E-state index is 14.3. The molecule has 37 heavy (non-hydrogen) atoms. The Morgan fingerprint density at radius 2 is 1.59 bits per heavy atom. The van der Waals surface area contributed by atoms with Crippen LogP contribution in [0.1, 0.15) is 59.0 Å². The zero-order chi connectivity index (χ0) is 25.4. The first-order chi connectivity index (χ1) is 18.0. The lowest BCUT2D eigenvalue weighted by Crippen LogP contribution is -2.60.